The predicted octanol–water partition coefficient (Wildman–Crippen LogP) is 3.15. The molecular formula is C14H19ClN2O3. The third-order valence-electron chi connectivity index (χ3n) is 3.79. The van der Waals surface area contributed by atoms with E-state index < -0.39 is 4.92 Å². The molecule has 5 nitrogen and oxygen atoms in total. The molecule has 110 valence electrons. The molecule has 1 saturated heterocycles. The van der Waals surface area contributed by atoms with Crippen molar-refractivity contribution in [3.05, 3.63) is 38.9 Å². The number of halogens is 1. The van der Waals surface area contributed by atoms with Crippen LogP contribution >= 0.6 is 11.6 Å². The predicted molar refractivity (Wildman–Crippen MR) is 78.0 cm³/mol. The van der Waals surface area contributed by atoms with Crippen LogP contribution in [0, 0.1) is 15.5 Å². The fourth-order valence-electron chi connectivity index (χ4n) is 2.36. The lowest BCUT2D eigenvalue weighted by Crippen LogP contribution is -2.36. The number of nitro groups is 1. The summed E-state index contributed by atoms with van der Waals surface area (Å²) in [6, 6.07) is 4.92. The van der Waals surface area contributed by atoms with Crippen LogP contribution in [0.15, 0.2) is 18.2 Å². The Bertz CT molecular complexity index is 487. The Balaban J connectivity index is 1.91. The SMILES string of the molecule is CC1(CNCc2ccc(Cl)c([N+](=O)[O-])c2)CCOCC1. The van der Waals surface area contributed by atoms with Crippen molar-refractivity contribution in [2.24, 2.45) is 5.41 Å². The van der Waals surface area contributed by atoms with Gasteiger partial charge < -0.3 is 10.1 Å². The molecule has 1 aromatic carbocycles. The zero-order valence-corrected chi connectivity index (χ0v) is 12.3. The van der Waals surface area contributed by atoms with Crippen LogP contribution in [0.5, 0.6) is 0 Å². The van der Waals surface area contributed by atoms with Crippen LogP contribution < -0.4 is 5.32 Å². The molecule has 2 rings (SSSR count). The van der Waals surface area contributed by atoms with Crippen LogP contribution in [0.1, 0.15) is 25.3 Å². The average Bonchev–Trinajstić information content (AvgIpc) is 2.41. The lowest BCUT2D eigenvalue weighted by atomic mass is 9.82. The lowest BCUT2D eigenvalue weighted by Gasteiger charge is -2.33. The van der Waals surface area contributed by atoms with E-state index in [0.717, 1.165) is 38.2 Å². The van der Waals surface area contributed by atoms with Gasteiger partial charge in [0.15, 0.2) is 0 Å². The number of nitrogens with zero attached hydrogens (tertiary/aromatic N) is 1. The summed E-state index contributed by atoms with van der Waals surface area (Å²) in [7, 11) is 0. The fourth-order valence-corrected chi connectivity index (χ4v) is 2.54. The van der Waals surface area contributed by atoms with Crippen molar-refractivity contribution >= 4 is 17.3 Å². The third kappa shape index (κ3) is 3.91. The number of rotatable bonds is 5. The Labute approximate surface area is 123 Å². The Morgan fingerprint density at radius 3 is 2.80 bits per heavy atom. The van der Waals surface area contributed by atoms with Crippen molar-refractivity contribution < 1.29 is 9.66 Å². The van der Waals surface area contributed by atoms with E-state index >= 15 is 0 Å². The summed E-state index contributed by atoms with van der Waals surface area (Å²) in [6.07, 6.45) is 2.08. The summed E-state index contributed by atoms with van der Waals surface area (Å²) < 4.78 is 5.37. The summed E-state index contributed by atoms with van der Waals surface area (Å²) in [4.78, 5) is 10.4. The first kappa shape index (κ1) is 15.2. The molecule has 0 atom stereocenters. The number of nitro benzene ring substituents is 1. The quantitative estimate of drug-likeness (QED) is 0.670. The maximum absolute atomic E-state index is 10.8. The molecule has 1 aliphatic heterocycles. The highest BCUT2D eigenvalue weighted by Crippen LogP contribution is 2.29. The largest absolute Gasteiger partial charge is 0.381 e. The first-order valence-corrected chi connectivity index (χ1v) is 7.09. The first-order valence-electron chi connectivity index (χ1n) is 6.71. The van der Waals surface area contributed by atoms with E-state index in [1.807, 2.05) is 6.07 Å². The fraction of sp³-hybridized carbons (Fsp3) is 0.571. The Hall–Kier alpha value is -1.17. The molecule has 6 heteroatoms. The summed E-state index contributed by atoms with van der Waals surface area (Å²) >= 11 is 5.79. The first-order chi connectivity index (χ1) is 9.50. The zero-order chi connectivity index (χ0) is 14.6. The molecule has 0 saturated carbocycles. The lowest BCUT2D eigenvalue weighted by molar-refractivity contribution is -0.384. The molecular weight excluding hydrogens is 280 g/mol. The highest BCUT2D eigenvalue weighted by atomic mass is 35.5. The molecule has 0 amide bonds. The molecule has 1 aliphatic rings. The van der Waals surface area contributed by atoms with Gasteiger partial charge in [0.05, 0.1) is 4.92 Å². The number of benzene rings is 1. The van der Waals surface area contributed by atoms with Gasteiger partial charge in [0, 0.05) is 32.4 Å². The summed E-state index contributed by atoms with van der Waals surface area (Å²) in [6.45, 7) is 5.35. The zero-order valence-electron chi connectivity index (χ0n) is 11.5. The Kier molecular flexibility index (Phi) is 4.96. The summed E-state index contributed by atoms with van der Waals surface area (Å²) in [5.74, 6) is 0. The van der Waals surface area contributed by atoms with Crippen molar-refractivity contribution in [1.29, 1.82) is 0 Å². The van der Waals surface area contributed by atoms with Gasteiger partial charge in [-0.05, 0) is 29.9 Å². The van der Waals surface area contributed by atoms with Gasteiger partial charge in [-0.2, -0.15) is 0 Å². The average molecular weight is 299 g/mol. The van der Waals surface area contributed by atoms with Crippen molar-refractivity contribution in [2.45, 2.75) is 26.3 Å². The van der Waals surface area contributed by atoms with E-state index in [-0.39, 0.29) is 16.1 Å². The summed E-state index contributed by atoms with van der Waals surface area (Å²) in [5.41, 5.74) is 1.08. The van der Waals surface area contributed by atoms with Gasteiger partial charge >= 0.3 is 0 Å². The molecule has 20 heavy (non-hydrogen) atoms. The molecule has 1 N–H and O–H groups in total. The molecule has 0 aliphatic carbocycles. The third-order valence-corrected chi connectivity index (χ3v) is 4.11. The van der Waals surface area contributed by atoms with Crippen LogP contribution in [0.4, 0.5) is 5.69 Å². The van der Waals surface area contributed by atoms with Crippen LogP contribution in [0.3, 0.4) is 0 Å². The number of hydrogen-bond acceptors (Lipinski definition) is 4. The van der Waals surface area contributed by atoms with Gasteiger partial charge in [0.1, 0.15) is 5.02 Å². The Morgan fingerprint density at radius 2 is 2.15 bits per heavy atom. The van der Waals surface area contributed by atoms with E-state index in [1.54, 1.807) is 6.07 Å². The minimum atomic E-state index is -0.453. The van der Waals surface area contributed by atoms with Crippen LogP contribution in [0.25, 0.3) is 0 Å². The van der Waals surface area contributed by atoms with E-state index in [1.165, 1.54) is 6.07 Å². The minimum absolute atomic E-state index is 0.0387. The highest BCUT2D eigenvalue weighted by Gasteiger charge is 2.26. The van der Waals surface area contributed by atoms with Gasteiger partial charge in [0.2, 0.25) is 0 Å². The molecule has 1 heterocycles. The van der Waals surface area contributed by atoms with Crippen molar-refractivity contribution in [1.82, 2.24) is 5.32 Å². The number of ether oxygens (including phenoxy) is 1. The van der Waals surface area contributed by atoms with Gasteiger partial charge in [-0.15, -0.1) is 0 Å². The van der Waals surface area contributed by atoms with Gasteiger partial charge in [-0.1, -0.05) is 24.6 Å². The maximum Gasteiger partial charge on any atom is 0.288 e. The monoisotopic (exact) mass is 298 g/mol. The second-order valence-electron chi connectivity index (χ2n) is 5.57. The van der Waals surface area contributed by atoms with E-state index in [9.17, 15) is 10.1 Å². The molecule has 1 aromatic rings. The van der Waals surface area contributed by atoms with Gasteiger partial charge in [-0.3, -0.25) is 10.1 Å². The second kappa shape index (κ2) is 6.52. The van der Waals surface area contributed by atoms with Crippen LogP contribution in [-0.4, -0.2) is 24.7 Å². The van der Waals surface area contributed by atoms with Crippen molar-refractivity contribution in [2.75, 3.05) is 19.8 Å². The van der Waals surface area contributed by atoms with Crippen molar-refractivity contribution in [3.8, 4) is 0 Å². The summed E-state index contributed by atoms with van der Waals surface area (Å²) in [5, 5.41) is 14.4. The maximum atomic E-state index is 10.8. The van der Waals surface area contributed by atoms with Crippen molar-refractivity contribution in [3.63, 3.8) is 0 Å². The number of hydrogen-bond donors (Lipinski definition) is 1. The molecule has 0 aromatic heterocycles. The minimum Gasteiger partial charge on any atom is -0.381 e. The number of nitrogens with one attached hydrogen (secondary N) is 1. The normalized spacial score (nSPS) is 17.9. The standard InChI is InChI=1S/C14H19ClN2O3/c1-14(4-6-20-7-5-14)10-16-9-11-2-3-12(15)13(8-11)17(18)19/h2-3,8,16H,4-7,9-10H2,1H3. The molecule has 0 unspecified atom stereocenters. The van der Waals surface area contributed by atoms with E-state index in [4.69, 9.17) is 16.3 Å². The molecule has 0 radical (unpaired) electrons. The molecule has 1 fully saturated rings. The topological polar surface area (TPSA) is 64.4 Å². The Morgan fingerprint density at radius 1 is 1.45 bits per heavy atom. The van der Waals surface area contributed by atoms with Gasteiger partial charge in [-0.25, -0.2) is 0 Å². The van der Waals surface area contributed by atoms with E-state index in [0.29, 0.717) is 6.54 Å². The molecule has 0 bridgehead atoms. The van der Waals surface area contributed by atoms with Gasteiger partial charge in [0.25, 0.3) is 5.69 Å². The van der Waals surface area contributed by atoms with E-state index in [2.05, 4.69) is 12.2 Å². The highest BCUT2D eigenvalue weighted by molar-refractivity contribution is 6.32. The van der Waals surface area contributed by atoms with Crippen LogP contribution in [-0.2, 0) is 11.3 Å². The smallest absolute Gasteiger partial charge is 0.288 e. The second-order valence-corrected chi connectivity index (χ2v) is 5.98. The van der Waals surface area contributed by atoms with Crippen LogP contribution in [0.2, 0.25) is 5.02 Å². The molecule has 0 spiro atoms.